The Labute approximate surface area is 176 Å². The Kier molecular flexibility index (Phi) is 5.40. The van der Waals surface area contributed by atoms with Crippen molar-refractivity contribution in [3.63, 3.8) is 0 Å². The lowest BCUT2D eigenvalue weighted by molar-refractivity contribution is -0.113. The van der Waals surface area contributed by atoms with Crippen LogP contribution < -0.4 is 0 Å². The molecule has 1 aliphatic rings. The molecule has 2 N–H and O–H groups in total. The molecule has 0 saturated carbocycles. The third-order valence-electron chi connectivity index (χ3n) is 5.06. The zero-order valence-electron chi connectivity index (χ0n) is 15.9. The molecule has 2 heterocycles. The van der Waals surface area contributed by atoms with Gasteiger partial charge in [0.25, 0.3) is 5.91 Å². The van der Waals surface area contributed by atoms with Gasteiger partial charge in [-0.2, -0.15) is 5.10 Å². The van der Waals surface area contributed by atoms with Gasteiger partial charge in [-0.3, -0.25) is 9.89 Å². The van der Waals surface area contributed by atoms with E-state index in [0.29, 0.717) is 11.4 Å². The van der Waals surface area contributed by atoms with Gasteiger partial charge in [0, 0.05) is 29.8 Å². The predicted molar refractivity (Wildman–Crippen MR) is 111 cm³/mol. The first-order valence-electron chi connectivity index (χ1n) is 9.03. The van der Waals surface area contributed by atoms with E-state index in [0.717, 1.165) is 21.2 Å². The minimum atomic E-state index is -0.563. The zero-order valence-corrected chi connectivity index (χ0v) is 17.5. The fourth-order valence-electron chi connectivity index (χ4n) is 3.62. The molecule has 1 aliphatic heterocycles. The molecule has 29 heavy (non-hydrogen) atoms. The van der Waals surface area contributed by atoms with E-state index in [4.69, 9.17) is 9.47 Å². The molecule has 150 valence electrons. The second-order valence-corrected chi connectivity index (χ2v) is 7.64. The molecule has 4 rings (SSSR count). The highest BCUT2D eigenvalue weighted by Gasteiger charge is 2.43. The summed E-state index contributed by atoms with van der Waals surface area (Å²) in [5, 5.41) is 17.1. The first-order chi connectivity index (χ1) is 14.0. The number of carbonyl (C=O) groups excluding carboxylic acids is 1. The quantitative estimate of drug-likeness (QED) is 0.550. The first-order valence-corrected chi connectivity index (χ1v) is 9.82. The van der Waals surface area contributed by atoms with E-state index >= 15 is 0 Å². The zero-order chi connectivity index (χ0) is 20.5. The Bertz CT molecular complexity index is 1010. The lowest BCUT2D eigenvalue weighted by atomic mass is 9.96. The van der Waals surface area contributed by atoms with Gasteiger partial charge in [0.1, 0.15) is 11.4 Å². The molecule has 0 radical (unpaired) electrons. The summed E-state index contributed by atoms with van der Waals surface area (Å²) in [5.74, 6) is -0.00938. The van der Waals surface area contributed by atoms with Gasteiger partial charge in [0.15, 0.2) is 6.29 Å². The monoisotopic (exact) mass is 457 g/mol. The van der Waals surface area contributed by atoms with Crippen molar-refractivity contribution >= 4 is 21.8 Å². The molecule has 7 nitrogen and oxygen atoms in total. The topological polar surface area (TPSA) is 87.7 Å². The molecule has 1 aromatic heterocycles. The van der Waals surface area contributed by atoms with Gasteiger partial charge in [0.2, 0.25) is 0 Å². The number of phenolic OH excluding ortho intramolecular Hbond substituents is 1. The molecule has 0 bridgehead atoms. The van der Waals surface area contributed by atoms with Crippen LogP contribution in [0.15, 0.2) is 53.0 Å². The second kappa shape index (κ2) is 7.98. The number of methoxy groups -OCH3 is 2. The predicted octanol–water partition coefficient (Wildman–Crippen LogP) is 3.71. The number of nitrogens with one attached hydrogen (secondary N) is 1. The van der Waals surface area contributed by atoms with Crippen molar-refractivity contribution < 1.29 is 19.4 Å². The molecule has 8 heteroatoms. The van der Waals surface area contributed by atoms with E-state index in [9.17, 15) is 9.90 Å². The van der Waals surface area contributed by atoms with Crippen LogP contribution in [0.4, 0.5) is 0 Å². The number of halogens is 1. The van der Waals surface area contributed by atoms with Crippen molar-refractivity contribution in [2.45, 2.75) is 12.3 Å². The fourth-order valence-corrected chi connectivity index (χ4v) is 3.89. The van der Waals surface area contributed by atoms with E-state index < -0.39 is 6.29 Å². The summed E-state index contributed by atoms with van der Waals surface area (Å²) >= 11 is 3.45. The lowest BCUT2D eigenvalue weighted by Crippen LogP contribution is -2.38. The maximum Gasteiger partial charge on any atom is 0.273 e. The average molecular weight is 458 g/mol. The molecule has 0 spiro atoms. The number of aromatic amines is 1. The standard InChI is InChI=1S/C21H20BrN3O4/c1-28-16(29-2)11-25-20(13-5-9-15(26)10-6-13)17-18(23-24-19(17)21(25)27)12-3-7-14(22)8-4-12/h3-10,16,20,26H,11H2,1-2H3,(H,23,24). The number of nitrogens with zero attached hydrogens (tertiary/aromatic N) is 2. The summed E-state index contributed by atoms with van der Waals surface area (Å²) in [6.45, 7) is 0.250. The second-order valence-electron chi connectivity index (χ2n) is 6.72. The van der Waals surface area contributed by atoms with Crippen molar-refractivity contribution in [2.75, 3.05) is 20.8 Å². The third-order valence-corrected chi connectivity index (χ3v) is 5.59. The number of ether oxygens (including phenoxy) is 2. The maximum absolute atomic E-state index is 13.2. The summed E-state index contributed by atoms with van der Waals surface area (Å²) in [4.78, 5) is 14.9. The van der Waals surface area contributed by atoms with Crippen LogP contribution >= 0.6 is 15.9 Å². The van der Waals surface area contributed by atoms with E-state index in [1.165, 1.54) is 0 Å². The Hall–Kier alpha value is -2.68. The average Bonchev–Trinajstić information content (AvgIpc) is 3.27. The van der Waals surface area contributed by atoms with Crippen LogP contribution in [0.1, 0.15) is 27.7 Å². The van der Waals surface area contributed by atoms with E-state index in [2.05, 4.69) is 26.1 Å². The molecule has 2 aromatic carbocycles. The molecular weight excluding hydrogens is 438 g/mol. The minimum absolute atomic E-state index is 0.164. The third kappa shape index (κ3) is 3.55. The van der Waals surface area contributed by atoms with Crippen LogP contribution in [0.5, 0.6) is 5.75 Å². The van der Waals surface area contributed by atoms with E-state index in [1.54, 1.807) is 31.3 Å². The van der Waals surface area contributed by atoms with Crippen LogP contribution in [0, 0.1) is 0 Å². The van der Waals surface area contributed by atoms with E-state index in [-0.39, 0.29) is 24.2 Å². The minimum Gasteiger partial charge on any atom is -0.508 e. The lowest BCUT2D eigenvalue weighted by Gasteiger charge is -2.29. The summed E-state index contributed by atoms with van der Waals surface area (Å²) < 4.78 is 11.6. The Balaban J connectivity index is 1.84. The van der Waals surface area contributed by atoms with Crippen molar-refractivity contribution in [2.24, 2.45) is 0 Å². The number of hydrogen-bond donors (Lipinski definition) is 2. The van der Waals surface area contributed by atoms with Gasteiger partial charge in [-0.1, -0.05) is 40.2 Å². The maximum atomic E-state index is 13.2. The number of benzene rings is 2. The SMILES string of the molecule is COC(CN1C(=O)c2[nH]nc(-c3ccc(Br)cc3)c2C1c1ccc(O)cc1)OC. The molecule has 1 unspecified atom stereocenters. The number of fused-ring (bicyclic) bond motifs is 1. The Morgan fingerprint density at radius 2 is 1.79 bits per heavy atom. The Morgan fingerprint density at radius 3 is 2.41 bits per heavy atom. The fraction of sp³-hybridized carbons (Fsp3) is 0.238. The number of aromatic nitrogens is 2. The number of H-pyrrole nitrogens is 1. The summed E-state index contributed by atoms with van der Waals surface area (Å²) in [6, 6.07) is 14.2. The number of carbonyl (C=O) groups is 1. The molecule has 1 atom stereocenters. The smallest absolute Gasteiger partial charge is 0.273 e. The van der Waals surface area contributed by atoms with Crippen LogP contribution in [-0.4, -0.2) is 53.2 Å². The molecule has 0 fully saturated rings. The van der Waals surface area contributed by atoms with Crippen LogP contribution in [0.2, 0.25) is 0 Å². The number of amides is 1. The summed E-state index contributed by atoms with van der Waals surface area (Å²) in [6.07, 6.45) is -0.563. The molecule has 0 aliphatic carbocycles. The highest BCUT2D eigenvalue weighted by atomic mass is 79.9. The highest BCUT2D eigenvalue weighted by molar-refractivity contribution is 9.10. The van der Waals surface area contributed by atoms with Gasteiger partial charge in [-0.05, 0) is 29.8 Å². The highest BCUT2D eigenvalue weighted by Crippen LogP contribution is 2.43. The Morgan fingerprint density at radius 1 is 1.14 bits per heavy atom. The van der Waals surface area contributed by atoms with Crippen molar-refractivity contribution in [3.8, 4) is 17.0 Å². The van der Waals surface area contributed by atoms with Crippen LogP contribution in [0.25, 0.3) is 11.3 Å². The molecule has 0 saturated heterocycles. The number of aromatic hydroxyl groups is 1. The largest absolute Gasteiger partial charge is 0.508 e. The normalized spacial score (nSPS) is 15.9. The van der Waals surface area contributed by atoms with E-state index in [1.807, 2.05) is 36.4 Å². The van der Waals surface area contributed by atoms with Gasteiger partial charge in [0.05, 0.1) is 18.3 Å². The van der Waals surface area contributed by atoms with Crippen molar-refractivity contribution in [3.05, 3.63) is 69.8 Å². The number of phenols is 1. The van der Waals surface area contributed by atoms with Gasteiger partial charge in [-0.15, -0.1) is 0 Å². The van der Waals surface area contributed by atoms with Crippen molar-refractivity contribution in [1.29, 1.82) is 0 Å². The molecular formula is C21H20BrN3O4. The first kappa shape index (κ1) is 19.6. The molecule has 3 aromatic rings. The molecule has 1 amide bonds. The van der Waals surface area contributed by atoms with Gasteiger partial charge >= 0.3 is 0 Å². The van der Waals surface area contributed by atoms with Gasteiger partial charge < -0.3 is 19.5 Å². The number of hydrogen-bond acceptors (Lipinski definition) is 5. The summed E-state index contributed by atoms with van der Waals surface area (Å²) in [5.41, 5.74) is 3.73. The van der Waals surface area contributed by atoms with Crippen LogP contribution in [-0.2, 0) is 9.47 Å². The number of rotatable bonds is 6. The van der Waals surface area contributed by atoms with Crippen molar-refractivity contribution in [1.82, 2.24) is 15.1 Å². The van der Waals surface area contributed by atoms with Crippen LogP contribution in [0.3, 0.4) is 0 Å². The van der Waals surface area contributed by atoms with Gasteiger partial charge in [-0.25, -0.2) is 0 Å². The summed E-state index contributed by atoms with van der Waals surface area (Å²) in [7, 11) is 3.08.